The largest absolute Gasteiger partial charge is 0.449 e. The number of anilines is 3. The van der Waals surface area contributed by atoms with E-state index in [0.29, 0.717) is 5.39 Å². The van der Waals surface area contributed by atoms with E-state index in [9.17, 15) is 32.3 Å². The van der Waals surface area contributed by atoms with Crippen molar-refractivity contribution in [2.45, 2.75) is 26.1 Å². The van der Waals surface area contributed by atoms with Crippen LogP contribution in [0.3, 0.4) is 0 Å². The first-order valence-electron chi connectivity index (χ1n) is 10.8. The number of hydrogen-bond acceptors (Lipinski definition) is 5. The second-order valence-electron chi connectivity index (χ2n) is 8.18. The lowest BCUT2D eigenvalue weighted by atomic mass is 10.0. The maximum absolute atomic E-state index is 13.1. The van der Waals surface area contributed by atoms with Crippen molar-refractivity contribution in [3.05, 3.63) is 65.7 Å². The number of nitrogens with one attached hydrogen (secondary N) is 2. The first-order chi connectivity index (χ1) is 16.9. The molecule has 1 heterocycles. The summed E-state index contributed by atoms with van der Waals surface area (Å²) >= 11 is 0. The van der Waals surface area contributed by atoms with Crippen molar-refractivity contribution >= 4 is 51.5 Å². The molecule has 0 aliphatic carbocycles. The molecular formula is C25H20F3N3O5. The van der Waals surface area contributed by atoms with Crippen LogP contribution < -0.4 is 15.5 Å². The third-order valence-corrected chi connectivity index (χ3v) is 5.50. The van der Waals surface area contributed by atoms with Crippen LogP contribution in [-0.2, 0) is 25.3 Å². The summed E-state index contributed by atoms with van der Waals surface area (Å²) in [6.45, 7) is 2.10. The van der Waals surface area contributed by atoms with Crippen LogP contribution >= 0.6 is 0 Å². The molecule has 1 aliphatic rings. The van der Waals surface area contributed by atoms with Gasteiger partial charge in [-0.1, -0.05) is 24.3 Å². The van der Waals surface area contributed by atoms with Gasteiger partial charge in [-0.3, -0.25) is 19.3 Å². The number of rotatable bonds is 4. The van der Waals surface area contributed by atoms with Gasteiger partial charge in [0.25, 0.3) is 5.91 Å². The molecule has 1 unspecified atom stereocenters. The topological polar surface area (TPSA) is 105 Å². The van der Waals surface area contributed by atoms with E-state index in [2.05, 4.69) is 10.6 Å². The van der Waals surface area contributed by atoms with Crippen LogP contribution in [0.2, 0.25) is 0 Å². The molecule has 0 radical (unpaired) electrons. The summed E-state index contributed by atoms with van der Waals surface area (Å²) in [6, 6.07) is 12.8. The minimum absolute atomic E-state index is 0.00940. The molecule has 11 heteroatoms. The predicted octanol–water partition coefficient (Wildman–Crippen LogP) is 4.35. The minimum atomic E-state index is -4.64. The van der Waals surface area contributed by atoms with Gasteiger partial charge in [0.05, 0.1) is 28.2 Å². The third kappa shape index (κ3) is 4.99. The molecule has 0 saturated carbocycles. The summed E-state index contributed by atoms with van der Waals surface area (Å²) in [4.78, 5) is 50.8. The van der Waals surface area contributed by atoms with Crippen molar-refractivity contribution in [3.8, 4) is 0 Å². The molecular weight excluding hydrogens is 479 g/mol. The maximum atomic E-state index is 13.1. The fraction of sp³-hybridized carbons (Fsp3) is 0.200. The molecule has 0 bridgehead atoms. The Kier molecular flexibility index (Phi) is 6.40. The average Bonchev–Trinajstić information content (AvgIpc) is 2.81. The van der Waals surface area contributed by atoms with Crippen molar-refractivity contribution in [2.75, 3.05) is 22.1 Å². The molecule has 186 valence electrons. The lowest BCUT2D eigenvalue weighted by Gasteiger charge is -2.31. The Morgan fingerprint density at radius 3 is 2.36 bits per heavy atom. The number of nitrogens with zero attached hydrogens (tertiary/aromatic N) is 1. The number of hydrogen-bond donors (Lipinski definition) is 2. The first-order valence-corrected chi connectivity index (χ1v) is 10.8. The molecule has 0 saturated heterocycles. The highest BCUT2D eigenvalue weighted by molar-refractivity contribution is 6.12. The molecule has 1 atom stereocenters. The number of halogens is 3. The quantitative estimate of drug-likeness (QED) is 0.520. The highest BCUT2D eigenvalue weighted by Crippen LogP contribution is 2.37. The number of carbonyl (C=O) groups is 4. The van der Waals surface area contributed by atoms with Gasteiger partial charge < -0.3 is 15.4 Å². The Balaban J connectivity index is 1.60. The molecule has 3 aromatic rings. The second-order valence-corrected chi connectivity index (χ2v) is 8.18. The Labute approximate surface area is 203 Å². The monoisotopic (exact) mass is 499 g/mol. The lowest BCUT2D eigenvalue weighted by molar-refractivity contribution is -0.137. The van der Waals surface area contributed by atoms with E-state index in [0.717, 1.165) is 28.5 Å². The van der Waals surface area contributed by atoms with Crippen LogP contribution in [0.5, 0.6) is 0 Å². The van der Waals surface area contributed by atoms with Gasteiger partial charge in [0.1, 0.15) is 6.54 Å². The molecule has 2 N–H and O–H groups in total. The zero-order valence-corrected chi connectivity index (χ0v) is 19.1. The normalized spacial score (nSPS) is 14.0. The molecule has 8 nitrogen and oxygen atoms in total. The molecule has 36 heavy (non-hydrogen) atoms. The molecule has 0 spiro atoms. The van der Waals surface area contributed by atoms with Crippen LogP contribution in [0.15, 0.2) is 54.6 Å². The lowest BCUT2D eigenvalue weighted by Crippen LogP contribution is -2.47. The summed E-state index contributed by atoms with van der Waals surface area (Å²) < 4.78 is 44.6. The summed E-state index contributed by atoms with van der Waals surface area (Å²) in [7, 11) is 0. The Morgan fingerprint density at radius 1 is 1.06 bits per heavy atom. The SMILES string of the molecule is CC(=O)Nc1cc2ccccc2cc1C(=O)OC(C)C(=O)N1CC(=O)Nc2cc(C(F)(F)F)ccc21. The fourth-order valence-corrected chi connectivity index (χ4v) is 3.86. The van der Waals surface area contributed by atoms with E-state index in [1.54, 1.807) is 30.3 Å². The van der Waals surface area contributed by atoms with Gasteiger partial charge in [-0.15, -0.1) is 0 Å². The van der Waals surface area contributed by atoms with Crippen molar-refractivity contribution in [1.29, 1.82) is 0 Å². The zero-order valence-electron chi connectivity index (χ0n) is 19.1. The Bertz CT molecular complexity index is 1400. The molecule has 4 rings (SSSR count). The molecule has 0 aromatic heterocycles. The van der Waals surface area contributed by atoms with E-state index in [1.165, 1.54) is 19.9 Å². The van der Waals surface area contributed by atoms with E-state index < -0.39 is 48.1 Å². The van der Waals surface area contributed by atoms with Crippen molar-refractivity contribution in [3.63, 3.8) is 0 Å². The number of benzene rings is 3. The van der Waals surface area contributed by atoms with Crippen LogP contribution in [0, 0.1) is 0 Å². The van der Waals surface area contributed by atoms with Crippen LogP contribution in [-0.4, -0.2) is 36.3 Å². The highest BCUT2D eigenvalue weighted by Gasteiger charge is 2.36. The van der Waals surface area contributed by atoms with Crippen molar-refractivity contribution in [1.82, 2.24) is 0 Å². The molecule has 1 aliphatic heterocycles. The molecule has 0 fully saturated rings. The minimum Gasteiger partial charge on any atom is -0.449 e. The van der Waals surface area contributed by atoms with Crippen molar-refractivity contribution in [2.24, 2.45) is 0 Å². The van der Waals surface area contributed by atoms with Gasteiger partial charge in [0, 0.05) is 6.92 Å². The highest BCUT2D eigenvalue weighted by atomic mass is 19.4. The van der Waals surface area contributed by atoms with E-state index in [-0.39, 0.29) is 22.6 Å². The maximum Gasteiger partial charge on any atom is 0.416 e. The Hall–Kier alpha value is -4.41. The third-order valence-electron chi connectivity index (χ3n) is 5.50. The van der Waals surface area contributed by atoms with Gasteiger partial charge in [0.2, 0.25) is 11.8 Å². The Morgan fingerprint density at radius 2 is 1.72 bits per heavy atom. The summed E-state index contributed by atoms with van der Waals surface area (Å²) in [6.07, 6.45) is -6.03. The van der Waals surface area contributed by atoms with E-state index >= 15 is 0 Å². The van der Waals surface area contributed by atoms with Crippen LogP contribution in [0.4, 0.5) is 30.2 Å². The smallest absolute Gasteiger partial charge is 0.416 e. The van der Waals surface area contributed by atoms with E-state index in [1.807, 2.05) is 0 Å². The summed E-state index contributed by atoms with van der Waals surface area (Å²) in [5.41, 5.74) is -0.934. The van der Waals surface area contributed by atoms with Crippen LogP contribution in [0.1, 0.15) is 29.8 Å². The number of ether oxygens (including phenoxy) is 1. The predicted molar refractivity (Wildman–Crippen MR) is 126 cm³/mol. The van der Waals surface area contributed by atoms with Gasteiger partial charge in [-0.2, -0.15) is 13.2 Å². The zero-order chi connectivity index (χ0) is 26.2. The van der Waals surface area contributed by atoms with Crippen LogP contribution in [0.25, 0.3) is 10.8 Å². The van der Waals surface area contributed by atoms with Gasteiger partial charge in [-0.25, -0.2) is 4.79 Å². The summed E-state index contributed by atoms with van der Waals surface area (Å²) in [5, 5.41) is 6.35. The number of esters is 1. The second kappa shape index (κ2) is 9.33. The molecule has 3 aromatic carbocycles. The van der Waals surface area contributed by atoms with Crippen molar-refractivity contribution < 1.29 is 37.1 Å². The number of fused-ring (bicyclic) bond motifs is 2. The summed E-state index contributed by atoms with van der Waals surface area (Å²) in [5.74, 6) is -2.82. The molecule has 3 amide bonds. The first kappa shape index (κ1) is 24.7. The number of carbonyl (C=O) groups excluding carboxylic acids is 4. The number of alkyl halides is 3. The fourth-order valence-electron chi connectivity index (χ4n) is 3.86. The van der Waals surface area contributed by atoms with Gasteiger partial charge in [-0.05, 0) is 48.0 Å². The van der Waals surface area contributed by atoms with E-state index in [4.69, 9.17) is 4.74 Å². The van der Waals surface area contributed by atoms with Gasteiger partial charge >= 0.3 is 12.1 Å². The average molecular weight is 499 g/mol. The van der Waals surface area contributed by atoms with Gasteiger partial charge in [0.15, 0.2) is 6.10 Å². The standard InChI is InChI=1S/C25H20F3N3O5/c1-13(23(34)31-12-22(33)30-20-11-17(25(26,27)28)7-8-21(20)31)36-24(35)18-9-15-5-3-4-6-16(15)10-19(18)29-14(2)32/h3-11,13H,12H2,1-2H3,(H,29,32)(H,30,33). The number of amides is 3.